The lowest BCUT2D eigenvalue weighted by Gasteiger charge is -2.17. The van der Waals surface area contributed by atoms with Crippen LogP contribution in [0.3, 0.4) is 0 Å². The van der Waals surface area contributed by atoms with Crippen LogP contribution in [0.2, 0.25) is 0 Å². The van der Waals surface area contributed by atoms with Crippen LogP contribution in [0.4, 0.5) is 5.69 Å². The van der Waals surface area contributed by atoms with E-state index in [9.17, 15) is 9.59 Å². The van der Waals surface area contributed by atoms with Crippen molar-refractivity contribution in [3.8, 4) is 22.6 Å². The van der Waals surface area contributed by atoms with E-state index in [-0.39, 0.29) is 11.5 Å². The first-order valence-electron chi connectivity index (χ1n) is 10.6. The van der Waals surface area contributed by atoms with E-state index in [2.05, 4.69) is 11.9 Å². The van der Waals surface area contributed by atoms with Crippen molar-refractivity contribution in [3.63, 3.8) is 0 Å². The number of carbonyl (C=O) groups excluding carboxylic acids is 1. The molecule has 4 aromatic rings. The molecule has 4 rings (SSSR count). The van der Waals surface area contributed by atoms with Crippen molar-refractivity contribution in [2.45, 2.75) is 27.7 Å². The number of amides is 1. The van der Waals surface area contributed by atoms with Crippen LogP contribution in [-0.4, -0.2) is 10.5 Å². The molecule has 0 saturated carbocycles. The van der Waals surface area contributed by atoms with E-state index in [1.807, 2.05) is 64.2 Å². The lowest BCUT2D eigenvalue weighted by molar-refractivity contribution is -0.111. The standard InChI is InChI=1S/C27H26N2O3S/c1-7-23(30)28-19-11-12-22(32-25-15(2)9-8-10-16(25)3)20(13-19)21-14-29(6)27(31)24-17(4)18(5)33-26(21)24/h7-14H,1H2,2-6H3,(H,28,30). The summed E-state index contributed by atoms with van der Waals surface area (Å²) < 4.78 is 8.97. The van der Waals surface area contributed by atoms with E-state index in [0.29, 0.717) is 11.4 Å². The van der Waals surface area contributed by atoms with Crippen LogP contribution in [0.25, 0.3) is 21.2 Å². The van der Waals surface area contributed by atoms with Crippen LogP contribution in [0.15, 0.2) is 60.0 Å². The van der Waals surface area contributed by atoms with Gasteiger partial charge in [-0.25, -0.2) is 0 Å². The Balaban J connectivity index is 2.00. The lowest BCUT2D eigenvalue weighted by atomic mass is 10.0. The van der Waals surface area contributed by atoms with Crippen LogP contribution in [0.5, 0.6) is 11.5 Å². The van der Waals surface area contributed by atoms with Gasteiger partial charge in [-0.3, -0.25) is 9.59 Å². The number of aromatic nitrogens is 1. The highest BCUT2D eigenvalue weighted by Crippen LogP contribution is 2.42. The summed E-state index contributed by atoms with van der Waals surface area (Å²) in [5.41, 5.74) is 5.31. The van der Waals surface area contributed by atoms with Gasteiger partial charge in [-0.1, -0.05) is 24.8 Å². The molecule has 2 heterocycles. The van der Waals surface area contributed by atoms with Gasteiger partial charge in [0, 0.05) is 39.6 Å². The molecule has 0 aliphatic carbocycles. The molecule has 0 saturated heterocycles. The summed E-state index contributed by atoms with van der Waals surface area (Å²) in [6.45, 7) is 11.6. The van der Waals surface area contributed by atoms with Crippen molar-refractivity contribution in [3.05, 3.63) is 87.2 Å². The molecule has 2 aromatic carbocycles. The molecular weight excluding hydrogens is 432 g/mol. The van der Waals surface area contributed by atoms with Crippen LogP contribution >= 0.6 is 11.3 Å². The molecular formula is C27H26N2O3S. The van der Waals surface area contributed by atoms with Gasteiger partial charge in [0.2, 0.25) is 5.91 Å². The van der Waals surface area contributed by atoms with Gasteiger partial charge in [-0.15, -0.1) is 11.3 Å². The maximum atomic E-state index is 12.9. The third kappa shape index (κ3) is 4.10. The number of hydrogen-bond acceptors (Lipinski definition) is 4. The minimum Gasteiger partial charge on any atom is -0.456 e. The number of ether oxygens (including phenoxy) is 1. The number of fused-ring (bicyclic) bond motifs is 1. The minimum atomic E-state index is -0.294. The fourth-order valence-corrected chi connectivity index (χ4v) is 5.10. The molecule has 0 aliphatic heterocycles. The number of para-hydroxylation sites is 1. The molecule has 5 nitrogen and oxygen atoms in total. The second-order valence-electron chi connectivity index (χ2n) is 8.17. The smallest absolute Gasteiger partial charge is 0.259 e. The Hall–Kier alpha value is -3.64. The number of benzene rings is 2. The van der Waals surface area contributed by atoms with E-state index >= 15 is 0 Å². The number of anilines is 1. The zero-order valence-electron chi connectivity index (χ0n) is 19.4. The van der Waals surface area contributed by atoms with Gasteiger partial charge in [0.25, 0.3) is 5.56 Å². The Morgan fingerprint density at radius 1 is 1.09 bits per heavy atom. The Morgan fingerprint density at radius 2 is 1.79 bits per heavy atom. The first-order chi connectivity index (χ1) is 15.7. The number of hydrogen-bond donors (Lipinski definition) is 1. The molecule has 0 radical (unpaired) electrons. The summed E-state index contributed by atoms with van der Waals surface area (Å²) in [5, 5.41) is 3.55. The second-order valence-corrected chi connectivity index (χ2v) is 9.40. The topological polar surface area (TPSA) is 60.3 Å². The van der Waals surface area contributed by atoms with Crippen LogP contribution < -0.4 is 15.6 Å². The fourth-order valence-electron chi connectivity index (χ4n) is 3.92. The number of nitrogens with one attached hydrogen (secondary N) is 1. The number of aryl methyl sites for hydroxylation is 5. The van der Waals surface area contributed by atoms with Gasteiger partial charge in [-0.2, -0.15) is 0 Å². The Bertz CT molecular complexity index is 1460. The maximum absolute atomic E-state index is 12.9. The van der Waals surface area contributed by atoms with Crippen molar-refractivity contribution in [2.75, 3.05) is 5.32 Å². The number of rotatable bonds is 5. The third-order valence-electron chi connectivity index (χ3n) is 5.83. The molecule has 1 N–H and O–H groups in total. The van der Waals surface area contributed by atoms with Crippen molar-refractivity contribution < 1.29 is 9.53 Å². The van der Waals surface area contributed by atoms with E-state index in [0.717, 1.165) is 48.5 Å². The van der Waals surface area contributed by atoms with E-state index in [1.165, 1.54) is 6.08 Å². The summed E-state index contributed by atoms with van der Waals surface area (Å²) in [7, 11) is 1.76. The average Bonchev–Trinajstić information content (AvgIpc) is 3.08. The predicted molar refractivity (Wildman–Crippen MR) is 137 cm³/mol. The summed E-state index contributed by atoms with van der Waals surface area (Å²) in [4.78, 5) is 26.0. The molecule has 6 heteroatoms. The molecule has 0 fully saturated rings. The van der Waals surface area contributed by atoms with Gasteiger partial charge in [0.05, 0.1) is 5.39 Å². The van der Waals surface area contributed by atoms with Crippen molar-refractivity contribution in [2.24, 2.45) is 7.05 Å². The second kappa shape index (κ2) is 8.71. The summed E-state index contributed by atoms with van der Waals surface area (Å²) in [5.74, 6) is 1.15. The van der Waals surface area contributed by atoms with Crippen LogP contribution in [0.1, 0.15) is 21.6 Å². The highest BCUT2D eigenvalue weighted by molar-refractivity contribution is 7.19. The summed E-state index contributed by atoms with van der Waals surface area (Å²) in [6, 6.07) is 11.6. The normalized spacial score (nSPS) is 10.9. The average molecular weight is 459 g/mol. The van der Waals surface area contributed by atoms with E-state index in [1.54, 1.807) is 29.0 Å². The van der Waals surface area contributed by atoms with E-state index in [4.69, 9.17) is 4.74 Å². The van der Waals surface area contributed by atoms with Crippen LogP contribution in [0, 0.1) is 27.7 Å². The van der Waals surface area contributed by atoms with Crippen molar-refractivity contribution in [1.82, 2.24) is 4.57 Å². The van der Waals surface area contributed by atoms with E-state index < -0.39 is 0 Å². The molecule has 0 unspecified atom stereocenters. The summed E-state index contributed by atoms with van der Waals surface area (Å²) in [6.07, 6.45) is 3.07. The van der Waals surface area contributed by atoms with Crippen LogP contribution in [-0.2, 0) is 11.8 Å². The van der Waals surface area contributed by atoms with Crippen molar-refractivity contribution in [1.29, 1.82) is 0 Å². The fraction of sp³-hybridized carbons (Fsp3) is 0.185. The van der Waals surface area contributed by atoms with Gasteiger partial charge in [0.1, 0.15) is 11.5 Å². The zero-order valence-corrected chi connectivity index (χ0v) is 20.2. The molecule has 0 atom stereocenters. The summed E-state index contributed by atoms with van der Waals surface area (Å²) >= 11 is 1.60. The molecule has 1 amide bonds. The molecule has 168 valence electrons. The van der Waals surface area contributed by atoms with Gasteiger partial charge >= 0.3 is 0 Å². The first kappa shape index (κ1) is 22.6. The highest BCUT2D eigenvalue weighted by atomic mass is 32.1. The minimum absolute atomic E-state index is 0.0241. The van der Waals surface area contributed by atoms with Gasteiger partial charge in [0.15, 0.2) is 0 Å². The number of thiophene rings is 1. The zero-order chi connectivity index (χ0) is 23.9. The molecule has 0 aliphatic rings. The Labute approximate surface area is 197 Å². The quantitative estimate of drug-likeness (QED) is 0.351. The van der Waals surface area contributed by atoms with Gasteiger partial charge in [-0.05, 0) is 68.7 Å². The lowest BCUT2D eigenvalue weighted by Crippen LogP contribution is -2.16. The predicted octanol–water partition coefficient (Wildman–Crippen LogP) is 6.42. The van der Waals surface area contributed by atoms with Crippen molar-refractivity contribution >= 4 is 33.0 Å². The maximum Gasteiger partial charge on any atom is 0.259 e. The molecule has 0 bridgehead atoms. The number of nitrogens with zero attached hydrogens (tertiary/aromatic N) is 1. The van der Waals surface area contributed by atoms with Gasteiger partial charge < -0.3 is 14.6 Å². The largest absolute Gasteiger partial charge is 0.456 e. The highest BCUT2D eigenvalue weighted by Gasteiger charge is 2.20. The number of carbonyl (C=O) groups is 1. The molecule has 33 heavy (non-hydrogen) atoms. The third-order valence-corrected chi connectivity index (χ3v) is 7.07. The first-order valence-corrected chi connectivity index (χ1v) is 11.4. The molecule has 2 aromatic heterocycles. The number of pyridine rings is 1. The Kier molecular flexibility index (Phi) is 5.95. The SMILES string of the molecule is C=CC(=O)Nc1ccc(Oc2c(C)cccc2C)c(-c2cn(C)c(=O)c3c(C)c(C)sc23)c1. The monoisotopic (exact) mass is 458 g/mol. The Morgan fingerprint density at radius 3 is 2.45 bits per heavy atom. The molecule has 0 spiro atoms.